The maximum Gasteiger partial charge on any atom is 0.132 e. The number of halogens is 1. The molecule has 1 atom stereocenters. The van der Waals surface area contributed by atoms with Crippen LogP contribution in [-0.2, 0) is 26.6 Å². The van der Waals surface area contributed by atoms with Crippen LogP contribution in [0.25, 0.3) is 0 Å². The summed E-state index contributed by atoms with van der Waals surface area (Å²) in [4.78, 5) is 7.03. The first kappa shape index (κ1) is 19.2. The number of imidazole rings is 1. The largest absolute Gasteiger partial charge is 0.338 e. The first-order chi connectivity index (χ1) is 13.6. The van der Waals surface area contributed by atoms with Gasteiger partial charge in [-0.1, -0.05) is 41.9 Å². The Kier molecular flexibility index (Phi) is 5.83. The average molecular weight is 398 g/mol. The third-order valence-electron chi connectivity index (χ3n) is 5.74. The van der Waals surface area contributed by atoms with Gasteiger partial charge in [0.2, 0.25) is 0 Å². The van der Waals surface area contributed by atoms with E-state index >= 15 is 0 Å². The summed E-state index contributed by atoms with van der Waals surface area (Å²) in [6.45, 7) is 5.86. The van der Waals surface area contributed by atoms with E-state index in [2.05, 4.69) is 52.7 Å². The van der Waals surface area contributed by atoms with Crippen LogP contribution >= 0.6 is 11.6 Å². The highest BCUT2D eigenvalue weighted by atomic mass is 35.5. The van der Waals surface area contributed by atoms with Crippen molar-refractivity contribution in [3.63, 3.8) is 0 Å². The molecule has 0 radical (unpaired) electrons. The van der Waals surface area contributed by atoms with Gasteiger partial charge in [0, 0.05) is 44.5 Å². The summed E-state index contributed by atoms with van der Waals surface area (Å²) >= 11 is 6.73. The first-order valence-electron chi connectivity index (χ1n) is 10.0. The molecule has 0 bridgehead atoms. The number of benzene rings is 1. The normalized spacial score (nSPS) is 17.9. The molecule has 1 aromatic carbocycles. The summed E-state index contributed by atoms with van der Waals surface area (Å²) in [6, 6.07) is 10.4. The maximum absolute atomic E-state index is 6.73. The minimum Gasteiger partial charge on any atom is -0.338 e. The Labute approximate surface area is 171 Å². The highest BCUT2D eigenvalue weighted by Gasteiger charge is 2.24. The van der Waals surface area contributed by atoms with Gasteiger partial charge >= 0.3 is 0 Å². The maximum atomic E-state index is 6.73. The van der Waals surface area contributed by atoms with Gasteiger partial charge in [0.05, 0.1) is 12.2 Å². The van der Waals surface area contributed by atoms with Gasteiger partial charge in [-0.25, -0.2) is 9.67 Å². The molecule has 0 spiro atoms. The minimum atomic E-state index is 0.647. The third kappa shape index (κ3) is 4.31. The molecule has 2 aromatic heterocycles. The molecule has 4 rings (SSSR count). The van der Waals surface area contributed by atoms with Crippen molar-refractivity contribution in [1.29, 1.82) is 0 Å². The Morgan fingerprint density at radius 1 is 1.18 bits per heavy atom. The second-order valence-corrected chi connectivity index (χ2v) is 8.26. The topological polar surface area (TPSA) is 38.9 Å². The number of piperidine rings is 1. The van der Waals surface area contributed by atoms with E-state index in [0.29, 0.717) is 12.5 Å². The van der Waals surface area contributed by atoms with Crippen molar-refractivity contribution >= 4 is 11.6 Å². The number of aryl methyl sites for hydroxylation is 2. The van der Waals surface area contributed by atoms with Gasteiger partial charge in [-0.05, 0) is 37.8 Å². The zero-order chi connectivity index (χ0) is 19.5. The average Bonchev–Trinajstić information content (AvgIpc) is 3.21. The van der Waals surface area contributed by atoms with E-state index in [4.69, 9.17) is 16.7 Å². The Hall–Kier alpha value is -2.11. The quantitative estimate of drug-likeness (QED) is 0.629. The van der Waals surface area contributed by atoms with Gasteiger partial charge in [0.1, 0.15) is 11.0 Å². The Bertz CT molecular complexity index is 914. The van der Waals surface area contributed by atoms with E-state index in [1.807, 2.05) is 23.1 Å². The van der Waals surface area contributed by atoms with Crippen LogP contribution in [0, 0.1) is 12.8 Å². The lowest BCUT2D eigenvalue weighted by atomic mass is 9.94. The molecule has 0 saturated carbocycles. The van der Waals surface area contributed by atoms with Crippen molar-refractivity contribution in [2.75, 3.05) is 13.1 Å². The molecule has 6 heteroatoms. The smallest absolute Gasteiger partial charge is 0.132 e. The molecule has 1 aliphatic heterocycles. The molecule has 0 aliphatic carbocycles. The van der Waals surface area contributed by atoms with Crippen molar-refractivity contribution in [2.24, 2.45) is 13.0 Å². The van der Waals surface area contributed by atoms with Crippen LogP contribution in [0.15, 0.2) is 42.7 Å². The van der Waals surface area contributed by atoms with Crippen molar-refractivity contribution in [3.8, 4) is 0 Å². The molecule has 28 heavy (non-hydrogen) atoms. The van der Waals surface area contributed by atoms with E-state index in [1.54, 1.807) is 0 Å². The van der Waals surface area contributed by atoms with E-state index < -0.39 is 0 Å². The van der Waals surface area contributed by atoms with Crippen molar-refractivity contribution in [2.45, 2.75) is 39.3 Å². The molecule has 1 unspecified atom stereocenters. The summed E-state index contributed by atoms with van der Waals surface area (Å²) in [5, 5.41) is 5.48. The van der Waals surface area contributed by atoms with E-state index in [0.717, 1.165) is 42.5 Å². The van der Waals surface area contributed by atoms with Crippen LogP contribution < -0.4 is 0 Å². The summed E-state index contributed by atoms with van der Waals surface area (Å²) in [7, 11) is 2.08. The molecule has 3 heterocycles. The zero-order valence-electron chi connectivity index (χ0n) is 16.7. The first-order valence-corrected chi connectivity index (χ1v) is 10.4. The van der Waals surface area contributed by atoms with Crippen molar-refractivity contribution in [1.82, 2.24) is 24.2 Å². The van der Waals surface area contributed by atoms with E-state index in [9.17, 15) is 0 Å². The highest BCUT2D eigenvalue weighted by Crippen LogP contribution is 2.26. The lowest BCUT2D eigenvalue weighted by Gasteiger charge is -2.32. The Morgan fingerprint density at radius 2 is 2.00 bits per heavy atom. The summed E-state index contributed by atoms with van der Waals surface area (Å²) in [5.74, 6) is 1.82. The fourth-order valence-electron chi connectivity index (χ4n) is 4.17. The number of rotatable bonds is 6. The van der Waals surface area contributed by atoms with Crippen LogP contribution in [0.5, 0.6) is 0 Å². The Balaban J connectivity index is 1.43. The molecule has 148 valence electrons. The molecule has 3 aromatic rings. The fourth-order valence-corrected chi connectivity index (χ4v) is 4.46. The molecule has 0 amide bonds. The molecular formula is C22H28ClN5. The fraction of sp³-hybridized carbons (Fsp3) is 0.455. The van der Waals surface area contributed by atoms with Crippen LogP contribution in [0.4, 0.5) is 0 Å². The SMILES string of the molecule is Cc1nn(Cc2ccccc2)c(Cl)c1CN1CCCC(Cc2nccn2C)C1. The minimum absolute atomic E-state index is 0.647. The summed E-state index contributed by atoms with van der Waals surface area (Å²) in [6.07, 6.45) is 7.45. The van der Waals surface area contributed by atoms with Gasteiger partial charge in [-0.3, -0.25) is 4.90 Å². The van der Waals surface area contributed by atoms with Gasteiger partial charge in [0.15, 0.2) is 0 Å². The monoisotopic (exact) mass is 397 g/mol. The van der Waals surface area contributed by atoms with Crippen molar-refractivity contribution < 1.29 is 0 Å². The van der Waals surface area contributed by atoms with E-state index in [1.165, 1.54) is 24.2 Å². The number of hydrogen-bond acceptors (Lipinski definition) is 3. The molecule has 5 nitrogen and oxygen atoms in total. The van der Waals surface area contributed by atoms with Gasteiger partial charge in [-0.15, -0.1) is 0 Å². The van der Waals surface area contributed by atoms with Crippen LogP contribution in [0.1, 0.15) is 35.5 Å². The van der Waals surface area contributed by atoms with Crippen LogP contribution in [0.3, 0.4) is 0 Å². The number of nitrogens with zero attached hydrogens (tertiary/aromatic N) is 5. The third-order valence-corrected chi connectivity index (χ3v) is 6.16. The van der Waals surface area contributed by atoms with E-state index in [-0.39, 0.29) is 0 Å². The molecule has 1 aliphatic rings. The standard InChI is InChI=1S/C22H28ClN5/c1-17-20(22(23)28(25-17)15-18-7-4-3-5-8-18)16-27-11-6-9-19(14-27)13-21-24-10-12-26(21)2/h3-5,7-8,10,12,19H,6,9,11,13-16H2,1-2H3. The number of likely N-dealkylation sites (tertiary alicyclic amines) is 1. The van der Waals surface area contributed by atoms with Crippen LogP contribution in [-0.4, -0.2) is 37.3 Å². The highest BCUT2D eigenvalue weighted by molar-refractivity contribution is 6.30. The number of hydrogen-bond donors (Lipinski definition) is 0. The van der Waals surface area contributed by atoms with Gasteiger partial charge < -0.3 is 4.57 Å². The Morgan fingerprint density at radius 3 is 2.75 bits per heavy atom. The molecule has 1 fully saturated rings. The predicted octanol–water partition coefficient (Wildman–Crippen LogP) is 4.08. The molecule has 0 N–H and O–H groups in total. The predicted molar refractivity (Wildman–Crippen MR) is 112 cm³/mol. The van der Waals surface area contributed by atoms with Crippen LogP contribution in [0.2, 0.25) is 5.15 Å². The molecular weight excluding hydrogens is 370 g/mol. The van der Waals surface area contributed by atoms with Crippen molar-refractivity contribution in [3.05, 3.63) is 70.5 Å². The zero-order valence-corrected chi connectivity index (χ0v) is 17.4. The second kappa shape index (κ2) is 8.50. The second-order valence-electron chi connectivity index (χ2n) is 7.90. The van der Waals surface area contributed by atoms with Gasteiger partial charge in [0.25, 0.3) is 0 Å². The lowest BCUT2D eigenvalue weighted by molar-refractivity contribution is 0.165. The lowest BCUT2D eigenvalue weighted by Crippen LogP contribution is -2.36. The summed E-state index contributed by atoms with van der Waals surface area (Å²) < 4.78 is 4.06. The summed E-state index contributed by atoms with van der Waals surface area (Å²) in [5.41, 5.74) is 3.41. The number of aromatic nitrogens is 4. The van der Waals surface area contributed by atoms with Gasteiger partial charge in [-0.2, -0.15) is 5.10 Å². The molecule has 1 saturated heterocycles.